The molecule has 1 unspecified atom stereocenters. The SMILES string of the molecule is CC(=O)CC(c1ccc(Cl)cc1)N(Cc1ccc(OCCn2c(=O)ccn(C)c2=O)c(C)c1)CC1CC1. The molecule has 0 saturated heterocycles. The van der Waals surface area contributed by atoms with Crippen molar-refractivity contribution < 1.29 is 9.53 Å². The van der Waals surface area contributed by atoms with Crippen LogP contribution in [0.2, 0.25) is 5.02 Å². The number of rotatable bonds is 12. The molecule has 1 aliphatic rings. The summed E-state index contributed by atoms with van der Waals surface area (Å²) in [5.41, 5.74) is 2.52. The minimum absolute atomic E-state index is 0.0154. The summed E-state index contributed by atoms with van der Waals surface area (Å²) in [4.78, 5) is 38.9. The van der Waals surface area contributed by atoms with E-state index in [2.05, 4.69) is 11.0 Å². The Hall–Kier alpha value is -3.16. The zero-order chi connectivity index (χ0) is 26.5. The molecular weight excluding hydrogens is 490 g/mol. The van der Waals surface area contributed by atoms with Crippen molar-refractivity contribution in [2.24, 2.45) is 13.0 Å². The van der Waals surface area contributed by atoms with Crippen LogP contribution in [0.5, 0.6) is 5.75 Å². The molecule has 8 heteroatoms. The van der Waals surface area contributed by atoms with Gasteiger partial charge in [-0.05, 0) is 67.5 Å². The van der Waals surface area contributed by atoms with E-state index >= 15 is 0 Å². The van der Waals surface area contributed by atoms with Gasteiger partial charge in [0.05, 0.1) is 6.54 Å². The Morgan fingerprint density at radius 3 is 2.51 bits per heavy atom. The van der Waals surface area contributed by atoms with Crippen molar-refractivity contribution in [3.8, 4) is 5.75 Å². The van der Waals surface area contributed by atoms with Gasteiger partial charge in [0.15, 0.2) is 0 Å². The average molecular weight is 524 g/mol. The second kappa shape index (κ2) is 11.9. The number of nitrogens with zero attached hydrogens (tertiary/aromatic N) is 3. The minimum Gasteiger partial charge on any atom is -0.491 e. The van der Waals surface area contributed by atoms with E-state index in [0.717, 1.165) is 29.0 Å². The number of aromatic nitrogens is 2. The number of ether oxygens (including phenoxy) is 1. The molecule has 0 radical (unpaired) electrons. The molecule has 1 aliphatic carbocycles. The second-order valence-corrected chi connectivity index (χ2v) is 10.4. The van der Waals surface area contributed by atoms with Crippen LogP contribution in [0.15, 0.2) is 64.3 Å². The number of hydrogen-bond donors (Lipinski definition) is 0. The van der Waals surface area contributed by atoms with Gasteiger partial charge in [0.1, 0.15) is 18.1 Å². The fourth-order valence-electron chi connectivity index (χ4n) is 4.62. The van der Waals surface area contributed by atoms with Crippen LogP contribution in [0.25, 0.3) is 0 Å². The first-order valence-electron chi connectivity index (χ1n) is 12.7. The summed E-state index contributed by atoms with van der Waals surface area (Å²) in [5, 5.41) is 0.683. The molecule has 3 aromatic rings. The third kappa shape index (κ3) is 7.21. The van der Waals surface area contributed by atoms with E-state index in [0.29, 0.717) is 23.9 Å². The van der Waals surface area contributed by atoms with Gasteiger partial charge in [0.2, 0.25) is 0 Å². The van der Waals surface area contributed by atoms with Crippen LogP contribution in [-0.2, 0) is 24.9 Å². The molecule has 0 amide bonds. The summed E-state index contributed by atoms with van der Waals surface area (Å²) in [6, 6.07) is 15.2. The molecule has 196 valence electrons. The van der Waals surface area contributed by atoms with E-state index in [9.17, 15) is 14.4 Å². The van der Waals surface area contributed by atoms with Crippen LogP contribution in [0.3, 0.4) is 0 Å². The van der Waals surface area contributed by atoms with Crippen LogP contribution >= 0.6 is 11.6 Å². The Balaban J connectivity index is 1.48. The van der Waals surface area contributed by atoms with Crippen molar-refractivity contribution in [2.45, 2.75) is 52.2 Å². The summed E-state index contributed by atoms with van der Waals surface area (Å²) >= 11 is 6.13. The number of ketones is 1. The maximum Gasteiger partial charge on any atom is 0.330 e. The molecular formula is C29H34ClN3O4. The Kier molecular flexibility index (Phi) is 8.67. The maximum absolute atomic E-state index is 12.2. The Morgan fingerprint density at radius 2 is 1.86 bits per heavy atom. The summed E-state index contributed by atoms with van der Waals surface area (Å²) < 4.78 is 8.47. The molecule has 0 spiro atoms. The van der Waals surface area contributed by atoms with Crippen molar-refractivity contribution >= 4 is 17.4 Å². The van der Waals surface area contributed by atoms with E-state index in [1.54, 1.807) is 14.0 Å². The van der Waals surface area contributed by atoms with Crippen LogP contribution in [0, 0.1) is 12.8 Å². The van der Waals surface area contributed by atoms with Crippen molar-refractivity contribution in [1.82, 2.24) is 14.0 Å². The van der Waals surface area contributed by atoms with Gasteiger partial charge in [-0.25, -0.2) is 4.79 Å². The highest BCUT2D eigenvalue weighted by atomic mass is 35.5. The van der Waals surface area contributed by atoms with Crippen LogP contribution in [-0.4, -0.2) is 33.0 Å². The molecule has 1 heterocycles. The molecule has 1 fully saturated rings. The highest BCUT2D eigenvalue weighted by Crippen LogP contribution is 2.35. The highest BCUT2D eigenvalue weighted by Gasteiger charge is 2.30. The van der Waals surface area contributed by atoms with Crippen molar-refractivity contribution in [2.75, 3.05) is 13.2 Å². The van der Waals surface area contributed by atoms with Gasteiger partial charge in [0.25, 0.3) is 5.56 Å². The largest absolute Gasteiger partial charge is 0.491 e. The van der Waals surface area contributed by atoms with E-state index in [1.165, 1.54) is 34.2 Å². The lowest BCUT2D eigenvalue weighted by molar-refractivity contribution is -0.118. The number of halogens is 1. The summed E-state index contributed by atoms with van der Waals surface area (Å²) in [5.74, 6) is 1.55. The van der Waals surface area contributed by atoms with Crippen LogP contribution in [0.1, 0.15) is 48.9 Å². The van der Waals surface area contributed by atoms with Crippen LogP contribution in [0.4, 0.5) is 0 Å². The monoisotopic (exact) mass is 523 g/mol. The summed E-state index contributed by atoms with van der Waals surface area (Å²) in [6.07, 6.45) is 4.37. The molecule has 0 N–H and O–H groups in total. The van der Waals surface area contributed by atoms with Crippen LogP contribution < -0.4 is 16.0 Å². The minimum atomic E-state index is -0.361. The molecule has 1 atom stereocenters. The fraction of sp³-hybridized carbons (Fsp3) is 0.414. The number of carbonyl (C=O) groups is 1. The van der Waals surface area contributed by atoms with Gasteiger partial charge < -0.3 is 9.30 Å². The summed E-state index contributed by atoms with van der Waals surface area (Å²) in [7, 11) is 1.61. The van der Waals surface area contributed by atoms with E-state index in [4.69, 9.17) is 16.3 Å². The van der Waals surface area contributed by atoms with Gasteiger partial charge in [-0.1, -0.05) is 35.9 Å². The molecule has 2 aromatic carbocycles. The normalized spacial score (nSPS) is 14.1. The lowest BCUT2D eigenvalue weighted by Gasteiger charge is -2.32. The Bertz CT molecular complexity index is 1360. The molecule has 37 heavy (non-hydrogen) atoms. The maximum atomic E-state index is 12.2. The number of aryl methyl sites for hydroxylation is 2. The van der Waals surface area contributed by atoms with Gasteiger partial charge in [0, 0.05) is 49.9 Å². The molecule has 4 rings (SSSR count). The summed E-state index contributed by atoms with van der Waals surface area (Å²) in [6.45, 7) is 5.69. The number of benzene rings is 2. The predicted molar refractivity (Wildman–Crippen MR) is 145 cm³/mol. The second-order valence-electron chi connectivity index (χ2n) is 9.99. The number of hydrogen-bond acceptors (Lipinski definition) is 5. The van der Waals surface area contributed by atoms with Gasteiger partial charge in [-0.3, -0.25) is 19.1 Å². The Labute approximate surface area is 222 Å². The first-order chi connectivity index (χ1) is 17.7. The molecule has 0 aliphatic heterocycles. The quantitative estimate of drug-likeness (QED) is 0.349. The molecule has 1 aromatic heterocycles. The standard InChI is InChI=1S/C29H34ClN3O4/c1-20-16-23(6-11-27(20)37-15-14-33-28(35)12-13-31(3)29(33)36)19-32(18-22-4-5-22)26(17-21(2)34)24-7-9-25(30)10-8-24/h6-13,16,22,26H,4-5,14-15,17-19H2,1-3H3. The molecule has 7 nitrogen and oxygen atoms in total. The van der Waals surface area contributed by atoms with Crippen molar-refractivity contribution in [1.29, 1.82) is 0 Å². The fourth-order valence-corrected chi connectivity index (χ4v) is 4.75. The smallest absolute Gasteiger partial charge is 0.330 e. The van der Waals surface area contributed by atoms with Gasteiger partial charge >= 0.3 is 5.69 Å². The van der Waals surface area contributed by atoms with E-state index in [1.807, 2.05) is 43.3 Å². The third-order valence-electron chi connectivity index (χ3n) is 6.80. The van der Waals surface area contributed by atoms with Gasteiger partial charge in [-0.15, -0.1) is 0 Å². The van der Waals surface area contributed by atoms with Crippen molar-refractivity contribution in [3.63, 3.8) is 0 Å². The zero-order valence-corrected chi connectivity index (χ0v) is 22.4. The predicted octanol–water partition coefficient (Wildman–Crippen LogP) is 4.52. The zero-order valence-electron chi connectivity index (χ0n) is 21.7. The number of carbonyl (C=O) groups excluding carboxylic acids is 1. The third-order valence-corrected chi connectivity index (χ3v) is 7.05. The Morgan fingerprint density at radius 1 is 1.14 bits per heavy atom. The lowest BCUT2D eigenvalue weighted by Crippen LogP contribution is -2.39. The highest BCUT2D eigenvalue weighted by molar-refractivity contribution is 6.30. The topological polar surface area (TPSA) is 73.5 Å². The molecule has 0 bridgehead atoms. The van der Waals surface area contributed by atoms with Crippen molar-refractivity contribution in [3.05, 3.63) is 97.3 Å². The van der Waals surface area contributed by atoms with E-state index in [-0.39, 0.29) is 36.2 Å². The average Bonchev–Trinajstić information content (AvgIpc) is 3.68. The lowest BCUT2D eigenvalue weighted by atomic mass is 9.98. The molecule has 1 saturated carbocycles. The first-order valence-corrected chi connectivity index (χ1v) is 13.1. The first kappa shape index (κ1) is 26.9. The van der Waals surface area contributed by atoms with E-state index < -0.39 is 0 Å². The number of Topliss-reactive ketones (excluding diaryl/α,β-unsaturated/α-hetero) is 1. The van der Waals surface area contributed by atoms with Gasteiger partial charge in [-0.2, -0.15) is 0 Å².